The maximum Gasteiger partial charge on any atom is 2.00 e. The molecule has 0 aliphatic carbocycles. The number of hydrogen-bond donors (Lipinski definition) is 4. The molecule has 0 fully saturated rings. The van der Waals surface area contributed by atoms with Gasteiger partial charge in [-0.3, -0.25) is 0 Å². The van der Waals surface area contributed by atoms with Crippen molar-refractivity contribution in [1.82, 2.24) is 19.9 Å². The fourth-order valence-electron chi connectivity index (χ4n) is 7.39. The molecule has 0 spiro atoms. The smallest absolute Gasteiger partial charge is 0.657 e. The van der Waals surface area contributed by atoms with Crippen molar-refractivity contribution in [1.29, 1.82) is 0 Å². The first-order valence-corrected chi connectivity index (χ1v) is 18.4. The van der Waals surface area contributed by atoms with Crippen molar-refractivity contribution in [2.45, 2.75) is 0 Å². The van der Waals surface area contributed by atoms with Crippen LogP contribution >= 0.6 is 0 Å². The zero-order valence-corrected chi connectivity index (χ0v) is 32.9. The van der Waals surface area contributed by atoms with E-state index in [2.05, 4.69) is 0 Å². The minimum Gasteiger partial charge on any atom is -0.657 e. The molecule has 13 heteroatoms. The van der Waals surface area contributed by atoms with Crippen LogP contribution in [0.4, 0.5) is 0 Å². The summed E-state index contributed by atoms with van der Waals surface area (Å²) in [5.74, 6) is -4.30. The van der Waals surface area contributed by atoms with Gasteiger partial charge in [-0.25, -0.2) is 29.1 Å². The fourth-order valence-corrected chi connectivity index (χ4v) is 7.39. The van der Waals surface area contributed by atoms with Crippen LogP contribution in [0.1, 0.15) is 64.2 Å². The summed E-state index contributed by atoms with van der Waals surface area (Å²) in [5, 5.41) is 38.7. The molecular weight excluding hydrogens is 867 g/mol. The number of carbonyl (C=O) groups is 4. The average Bonchev–Trinajstić information content (AvgIpc) is 4.10. The largest absolute Gasteiger partial charge is 2.00 e. The molecule has 8 bridgehead atoms. The second-order valence-corrected chi connectivity index (χ2v) is 13.9. The molecule has 7 aromatic rings. The third kappa shape index (κ3) is 7.47. The number of hydrogen-bond acceptors (Lipinski definition) is 6. The molecule has 0 atom stereocenters. The van der Waals surface area contributed by atoms with E-state index in [4.69, 9.17) is 19.9 Å². The molecule has 4 N–H and O–H groups in total. The number of aromatic carboxylic acids is 4. The Balaban J connectivity index is 0.00000514. The van der Waals surface area contributed by atoms with Crippen LogP contribution < -0.4 is 9.97 Å². The van der Waals surface area contributed by atoms with Crippen LogP contribution in [0.15, 0.2) is 121 Å². The van der Waals surface area contributed by atoms with Gasteiger partial charge in [0.2, 0.25) is 0 Å². The molecule has 0 saturated carbocycles. The van der Waals surface area contributed by atoms with Gasteiger partial charge >= 0.3 is 44.3 Å². The first-order valence-electron chi connectivity index (χ1n) is 18.4. The normalized spacial score (nSPS) is 11.5. The molecule has 12 nitrogen and oxygen atoms in total. The number of aromatic nitrogens is 4. The Morgan fingerprint density at radius 3 is 0.705 bits per heavy atom. The van der Waals surface area contributed by atoms with Gasteiger partial charge in [0.1, 0.15) is 0 Å². The maximum absolute atomic E-state index is 11.8. The third-order valence-electron chi connectivity index (χ3n) is 10.3. The van der Waals surface area contributed by atoms with E-state index < -0.39 is 23.9 Å². The number of benzene rings is 4. The predicted molar refractivity (Wildman–Crippen MR) is 226 cm³/mol. The summed E-state index contributed by atoms with van der Waals surface area (Å²) in [5.41, 5.74) is 9.53. The standard InChI is InChI=1S/C48H30N4O8.Pd/c53-45(54)29-9-1-25(2-10-29)41-33-17-19-35(49-33)42(26-3-11-30(12-4-26)46(55)56)37-21-23-39(51-37)44(28-7-15-32(16-8-28)48(59)60)40-24-22-38(52-40)43(36-20-18-34(41)50-36)27-5-13-31(14-6-27)47(57)58;/h1-24H,(H6,49,50,51,52,53,54,55,56,57,58,59,60);/q;+2/p-2. The van der Waals surface area contributed by atoms with Gasteiger partial charge in [0.15, 0.2) is 0 Å². The van der Waals surface area contributed by atoms with Gasteiger partial charge in [-0.2, -0.15) is 0 Å². The van der Waals surface area contributed by atoms with Crippen molar-refractivity contribution < 1.29 is 60.0 Å². The van der Waals surface area contributed by atoms with Gasteiger partial charge in [-0.05, 0) is 117 Å². The molecule has 5 heterocycles. The number of fused-ring (bicyclic) bond motifs is 8. The summed E-state index contributed by atoms with van der Waals surface area (Å²) in [6, 6.07) is 33.0. The van der Waals surface area contributed by atoms with Crippen LogP contribution in [-0.2, 0) is 20.4 Å². The van der Waals surface area contributed by atoms with E-state index in [9.17, 15) is 39.6 Å². The van der Waals surface area contributed by atoms with E-state index in [-0.39, 0.29) is 42.7 Å². The zero-order valence-electron chi connectivity index (χ0n) is 31.4. The maximum atomic E-state index is 11.8. The summed E-state index contributed by atoms with van der Waals surface area (Å²) in [7, 11) is 0. The Morgan fingerprint density at radius 2 is 0.525 bits per heavy atom. The van der Waals surface area contributed by atoms with Crippen LogP contribution in [0, 0.1) is 0 Å². The molecule has 2 aliphatic heterocycles. The van der Waals surface area contributed by atoms with Crippen LogP contribution in [0.2, 0.25) is 0 Å². The van der Waals surface area contributed by atoms with Crippen LogP contribution in [-0.4, -0.2) is 54.3 Å². The van der Waals surface area contributed by atoms with Crippen molar-refractivity contribution in [3.05, 3.63) is 166 Å². The van der Waals surface area contributed by atoms with Crippen molar-refractivity contribution in [2.24, 2.45) is 0 Å². The van der Waals surface area contributed by atoms with Gasteiger partial charge < -0.3 is 30.4 Å². The van der Waals surface area contributed by atoms with Crippen LogP contribution in [0.25, 0.3) is 90.9 Å². The summed E-state index contributed by atoms with van der Waals surface area (Å²) in [6.45, 7) is 0. The second kappa shape index (κ2) is 16.0. The van der Waals surface area contributed by atoms with Gasteiger partial charge in [0, 0.05) is 0 Å². The van der Waals surface area contributed by atoms with Gasteiger partial charge in [-0.1, -0.05) is 72.8 Å². The van der Waals surface area contributed by atoms with Crippen molar-refractivity contribution in [3.8, 4) is 44.5 Å². The van der Waals surface area contributed by atoms with Gasteiger partial charge in [0.25, 0.3) is 0 Å². The third-order valence-corrected chi connectivity index (χ3v) is 10.3. The Kier molecular flexibility index (Phi) is 10.4. The molecule has 0 amide bonds. The zero-order chi connectivity index (χ0) is 41.7. The summed E-state index contributed by atoms with van der Waals surface area (Å²) >= 11 is 0. The average molecular weight is 895 g/mol. The fraction of sp³-hybridized carbons (Fsp3) is 0. The molecule has 4 aromatic carbocycles. The topological polar surface area (TPSA) is 203 Å². The Labute approximate surface area is 359 Å². The molecular formula is C48H28N4O8Pd. The van der Waals surface area contributed by atoms with Crippen molar-refractivity contribution in [3.63, 3.8) is 0 Å². The van der Waals surface area contributed by atoms with Crippen LogP contribution in [0.5, 0.6) is 0 Å². The van der Waals surface area contributed by atoms with Crippen LogP contribution in [0.3, 0.4) is 0 Å². The number of nitrogens with zero attached hydrogens (tertiary/aromatic N) is 4. The Bertz CT molecular complexity index is 2760. The molecule has 2 aliphatic rings. The molecule has 0 radical (unpaired) electrons. The first kappa shape index (κ1) is 39.8. The van der Waals surface area contributed by atoms with E-state index in [0.717, 1.165) is 0 Å². The van der Waals surface area contributed by atoms with Crippen molar-refractivity contribution >= 4 is 70.2 Å². The molecule has 0 unspecified atom stereocenters. The minimum atomic E-state index is -1.07. The molecule has 9 rings (SSSR count). The van der Waals surface area contributed by atoms with E-state index in [1.807, 2.05) is 48.6 Å². The van der Waals surface area contributed by atoms with E-state index >= 15 is 0 Å². The molecule has 0 saturated heterocycles. The van der Waals surface area contributed by atoms with E-state index in [1.54, 1.807) is 48.5 Å². The molecule has 3 aromatic heterocycles. The summed E-state index contributed by atoms with van der Waals surface area (Å²) in [6.07, 6.45) is 7.33. The Morgan fingerprint density at radius 1 is 0.328 bits per heavy atom. The summed E-state index contributed by atoms with van der Waals surface area (Å²) in [4.78, 5) is 67.8. The number of carboxylic acids is 4. The number of rotatable bonds is 8. The first-order chi connectivity index (χ1) is 29.0. The van der Waals surface area contributed by atoms with Gasteiger partial charge in [0.05, 0.1) is 45.0 Å². The van der Waals surface area contributed by atoms with E-state index in [0.29, 0.717) is 89.4 Å². The van der Waals surface area contributed by atoms with Gasteiger partial charge in [-0.15, -0.1) is 22.1 Å². The molecule has 61 heavy (non-hydrogen) atoms. The quantitative estimate of drug-likeness (QED) is 0.105. The second-order valence-electron chi connectivity index (χ2n) is 13.9. The number of carboxylic acid groups (broad SMARTS) is 4. The minimum absolute atomic E-state index is 0. The monoisotopic (exact) mass is 894 g/mol. The summed E-state index contributed by atoms with van der Waals surface area (Å²) < 4.78 is 0. The van der Waals surface area contributed by atoms with E-state index in [1.165, 1.54) is 48.5 Å². The predicted octanol–water partition coefficient (Wildman–Crippen LogP) is 9.37. The molecule has 298 valence electrons. The van der Waals surface area contributed by atoms with Crippen molar-refractivity contribution in [2.75, 3.05) is 0 Å². The Hall–Kier alpha value is -7.98. The SMILES string of the molecule is O=C(O)c1ccc(-c2c3nc(c(-c4ccc(C(=O)O)cc4)c4ccc([n-]4)c(-c4ccc(C(=O)O)cc4)c4nc(c(-c5ccc(C(=O)O)cc5)c5ccc2[n-]5)C=C4)C=C3)cc1.[Pd+2].